The number of unbranched alkanes of at least 4 members (excludes halogenated alkanes) is 2. The quantitative estimate of drug-likeness (QED) is 0.595. The molecule has 2 nitrogen and oxygen atoms in total. The molecule has 1 rings (SSSR count). The number of hydrogen-bond donors (Lipinski definition) is 0. The lowest BCUT2D eigenvalue weighted by Gasteiger charge is -2.19. The van der Waals surface area contributed by atoms with Crippen LogP contribution in [-0.4, -0.2) is 29.6 Å². The highest BCUT2D eigenvalue weighted by atomic mass is 15.3. The van der Waals surface area contributed by atoms with Gasteiger partial charge >= 0.3 is 0 Å². The van der Waals surface area contributed by atoms with Crippen molar-refractivity contribution in [2.75, 3.05) is 19.8 Å². The second kappa shape index (κ2) is 6.76. The predicted octanol–water partition coefficient (Wildman–Crippen LogP) is 3.27. The summed E-state index contributed by atoms with van der Waals surface area (Å²) in [5.74, 6) is 0.868. The molecule has 0 fully saturated rings. The summed E-state index contributed by atoms with van der Waals surface area (Å²) in [6.07, 6.45) is 9.94. The van der Waals surface area contributed by atoms with Crippen molar-refractivity contribution in [2.45, 2.75) is 46.5 Å². The van der Waals surface area contributed by atoms with Crippen molar-refractivity contribution in [2.24, 2.45) is 5.92 Å². The van der Waals surface area contributed by atoms with Crippen LogP contribution in [0.15, 0.2) is 12.4 Å². The Kier molecular flexibility index (Phi) is 5.59. The molecule has 1 heterocycles. The molecule has 0 unspecified atom stereocenters. The highest BCUT2D eigenvalue weighted by molar-refractivity contribution is 4.89. The first-order valence-corrected chi connectivity index (χ1v) is 6.38. The maximum Gasteiger partial charge on any atom is 0.0893 e. The van der Waals surface area contributed by atoms with Crippen molar-refractivity contribution in [3.05, 3.63) is 12.4 Å². The Morgan fingerprint density at radius 1 is 1.07 bits per heavy atom. The van der Waals surface area contributed by atoms with Crippen LogP contribution in [0, 0.1) is 5.92 Å². The Balaban J connectivity index is 1.95. The van der Waals surface area contributed by atoms with E-state index >= 15 is 0 Å². The van der Waals surface area contributed by atoms with E-state index in [4.69, 9.17) is 0 Å². The Labute approximate surface area is 94.9 Å². The van der Waals surface area contributed by atoms with Gasteiger partial charge in [0, 0.05) is 25.5 Å². The van der Waals surface area contributed by atoms with Crippen molar-refractivity contribution in [3.8, 4) is 0 Å². The molecule has 0 N–H and O–H groups in total. The van der Waals surface area contributed by atoms with Crippen molar-refractivity contribution >= 4 is 0 Å². The molecular formula is C13H26N2. The molecule has 0 aliphatic carbocycles. The van der Waals surface area contributed by atoms with Crippen LogP contribution in [0.2, 0.25) is 0 Å². The maximum atomic E-state index is 2.42. The lowest BCUT2D eigenvalue weighted by Crippen LogP contribution is -2.25. The molecule has 0 amide bonds. The molecular weight excluding hydrogens is 184 g/mol. The fourth-order valence-corrected chi connectivity index (χ4v) is 1.91. The summed E-state index contributed by atoms with van der Waals surface area (Å²) in [7, 11) is 0. The molecule has 0 atom stereocenters. The molecule has 0 saturated heterocycles. The van der Waals surface area contributed by atoms with Gasteiger partial charge in [-0.25, -0.2) is 0 Å². The molecule has 88 valence electrons. The summed E-state index contributed by atoms with van der Waals surface area (Å²) in [5.41, 5.74) is 0. The van der Waals surface area contributed by atoms with E-state index in [2.05, 4.69) is 43.0 Å². The summed E-state index contributed by atoms with van der Waals surface area (Å²) < 4.78 is 0. The van der Waals surface area contributed by atoms with E-state index < -0.39 is 0 Å². The topological polar surface area (TPSA) is 6.48 Å². The van der Waals surface area contributed by atoms with E-state index in [-0.39, 0.29) is 0 Å². The predicted molar refractivity (Wildman–Crippen MR) is 66.4 cm³/mol. The molecule has 0 radical (unpaired) electrons. The summed E-state index contributed by atoms with van der Waals surface area (Å²) in [4.78, 5) is 4.76. The zero-order valence-electron chi connectivity index (χ0n) is 10.6. The number of hydrogen-bond acceptors (Lipinski definition) is 2. The fourth-order valence-electron chi connectivity index (χ4n) is 1.91. The van der Waals surface area contributed by atoms with E-state index in [0.717, 1.165) is 19.1 Å². The van der Waals surface area contributed by atoms with Gasteiger partial charge in [-0.3, -0.25) is 0 Å². The third-order valence-electron chi connectivity index (χ3n) is 2.98. The first-order valence-electron chi connectivity index (χ1n) is 6.38. The van der Waals surface area contributed by atoms with Crippen molar-refractivity contribution in [1.29, 1.82) is 0 Å². The van der Waals surface area contributed by atoms with E-state index in [9.17, 15) is 0 Å². The molecule has 0 aromatic rings. The van der Waals surface area contributed by atoms with Crippen LogP contribution in [0.4, 0.5) is 0 Å². The van der Waals surface area contributed by atoms with Gasteiger partial charge in [0.15, 0.2) is 0 Å². The van der Waals surface area contributed by atoms with Crippen molar-refractivity contribution in [3.63, 3.8) is 0 Å². The minimum absolute atomic E-state index is 0.868. The fraction of sp³-hybridized carbons (Fsp3) is 0.846. The van der Waals surface area contributed by atoms with E-state index in [1.807, 2.05) is 0 Å². The van der Waals surface area contributed by atoms with Crippen molar-refractivity contribution < 1.29 is 0 Å². The zero-order valence-corrected chi connectivity index (χ0v) is 10.6. The third-order valence-corrected chi connectivity index (χ3v) is 2.98. The number of nitrogens with zero attached hydrogens (tertiary/aromatic N) is 2. The van der Waals surface area contributed by atoms with Gasteiger partial charge in [0.1, 0.15) is 0 Å². The first-order chi connectivity index (χ1) is 7.22. The van der Waals surface area contributed by atoms with Gasteiger partial charge in [0.05, 0.1) is 6.67 Å². The van der Waals surface area contributed by atoms with Gasteiger partial charge in [-0.1, -0.05) is 33.1 Å². The van der Waals surface area contributed by atoms with Gasteiger partial charge in [0.25, 0.3) is 0 Å². The third kappa shape index (κ3) is 5.10. The summed E-state index contributed by atoms with van der Waals surface area (Å²) in [6, 6.07) is 0. The summed E-state index contributed by atoms with van der Waals surface area (Å²) in [5, 5.41) is 0. The SMILES string of the molecule is CCN1C=CN(CCCCCC(C)C)C1. The van der Waals surface area contributed by atoms with E-state index in [1.165, 1.54) is 32.2 Å². The van der Waals surface area contributed by atoms with Crippen LogP contribution >= 0.6 is 0 Å². The van der Waals surface area contributed by atoms with Crippen LogP contribution in [-0.2, 0) is 0 Å². The van der Waals surface area contributed by atoms with Crippen LogP contribution < -0.4 is 0 Å². The first kappa shape index (κ1) is 12.4. The van der Waals surface area contributed by atoms with Gasteiger partial charge in [-0.2, -0.15) is 0 Å². The lowest BCUT2D eigenvalue weighted by atomic mass is 10.1. The molecule has 2 heteroatoms. The van der Waals surface area contributed by atoms with Crippen molar-refractivity contribution in [1.82, 2.24) is 9.80 Å². The lowest BCUT2D eigenvalue weighted by molar-refractivity contribution is 0.268. The van der Waals surface area contributed by atoms with Gasteiger partial charge in [0.2, 0.25) is 0 Å². The second-order valence-corrected chi connectivity index (χ2v) is 4.90. The summed E-state index contributed by atoms with van der Waals surface area (Å²) >= 11 is 0. The molecule has 1 aliphatic rings. The zero-order chi connectivity index (χ0) is 11.1. The van der Waals surface area contributed by atoms with Gasteiger partial charge < -0.3 is 9.80 Å². The van der Waals surface area contributed by atoms with E-state index in [0.29, 0.717) is 0 Å². The van der Waals surface area contributed by atoms with Crippen LogP contribution in [0.5, 0.6) is 0 Å². The largest absolute Gasteiger partial charge is 0.359 e. The minimum Gasteiger partial charge on any atom is -0.359 e. The monoisotopic (exact) mass is 210 g/mol. The molecule has 0 spiro atoms. The maximum absolute atomic E-state index is 2.42. The second-order valence-electron chi connectivity index (χ2n) is 4.90. The smallest absolute Gasteiger partial charge is 0.0893 e. The minimum atomic E-state index is 0.868. The molecule has 0 bridgehead atoms. The molecule has 15 heavy (non-hydrogen) atoms. The standard InChI is InChI=1S/C13H26N2/c1-4-14-10-11-15(12-14)9-7-5-6-8-13(2)3/h10-11,13H,4-9,12H2,1-3H3. The average Bonchev–Trinajstić information content (AvgIpc) is 2.65. The molecule has 0 aromatic heterocycles. The van der Waals surface area contributed by atoms with E-state index in [1.54, 1.807) is 0 Å². The Morgan fingerprint density at radius 3 is 2.40 bits per heavy atom. The average molecular weight is 210 g/mol. The Bertz CT molecular complexity index is 187. The molecule has 0 aromatic carbocycles. The Hall–Kier alpha value is -0.660. The molecule has 1 aliphatic heterocycles. The van der Waals surface area contributed by atoms with Crippen LogP contribution in [0.25, 0.3) is 0 Å². The van der Waals surface area contributed by atoms with Gasteiger partial charge in [-0.05, 0) is 19.3 Å². The normalized spacial score (nSPS) is 15.7. The highest BCUT2D eigenvalue weighted by Crippen LogP contribution is 2.11. The van der Waals surface area contributed by atoms with Crippen LogP contribution in [0.3, 0.4) is 0 Å². The Morgan fingerprint density at radius 2 is 1.80 bits per heavy atom. The highest BCUT2D eigenvalue weighted by Gasteiger charge is 2.08. The number of rotatable bonds is 7. The van der Waals surface area contributed by atoms with Gasteiger partial charge in [-0.15, -0.1) is 0 Å². The van der Waals surface area contributed by atoms with Crippen LogP contribution in [0.1, 0.15) is 46.5 Å². The summed E-state index contributed by atoms with van der Waals surface area (Å²) in [6.45, 7) is 10.3. The molecule has 0 saturated carbocycles.